The summed E-state index contributed by atoms with van der Waals surface area (Å²) < 4.78 is 27.2. The van der Waals surface area contributed by atoms with Crippen molar-refractivity contribution in [1.29, 1.82) is 0 Å². The lowest BCUT2D eigenvalue weighted by Gasteiger charge is -2.00. The van der Waals surface area contributed by atoms with E-state index in [0.717, 1.165) is 6.42 Å². The summed E-state index contributed by atoms with van der Waals surface area (Å²) in [6.45, 7) is 1.99. The SMILES string of the molecule is CC/C=C\CCOC(=O)C(F)F. The van der Waals surface area contributed by atoms with Gasteiger partial charge in [-0.15, -0.1) is 0 Å². The van der Waals surface area contributed by atoms with Crippen molar-refractivity contribution >= 4 is 5.97 Å². The van der Waals surface area contributed by atoms with Gasteiger partial charge in [-0.25, -0.2) is 4.79 Å². The topological polar surface area (TPSA) is 26.3 Å². The van der Waals surface area contributed by atoms with Crippen LogP contribution in [0.15, 0.2) is 12.2 Å². The standard InChI is InChI=1S/C8H12F2O2/c1-2-3-4-5-6-12-8(11)7(9)10/h3-4,7H,2,5-6H2,1H3/b4-3-. The Bertz CT molecular complexity index is 155. The second-order valence-corrected chi connectivity index (χ2v) is 2.14. The van der Waals surface area contributed by atoms with Gasteiger partial charge in [-0.3, -0.25) is 0 Å². The highest BCUT2D eigenvalue weighted by Crippen LogP contribution is 1.96. The lowest BCUT2D eigenvalue weighted by molar-refractivity contribution is -0.156. The lowest BCUT2D eigenvalue weighted by Crippen LogP contribution is -2.14. The first kappa shape index (κ1) is 11.1. The summed E-state index contributed by atoms with van der Waals surface area (Å²) in [5.74, 6) is -1.44. The monoisotopic (exact) mass is 178 g/mol. The zero-order chi connectivity index (χ0) is 9.40. The number of hydrogen-bond acceptors (Lipinski definition) is 2. The molecule has 0 fully saturated rings. The van der Waals surface area contributed by atoms with Crippen LogP contribution in [0.25, 0.3) is 0 Å². The number of hydrogen-bond donors (Lipinski definition) is 0. The van der Waals surface area contributed by atoms with Crippen LogP contribution in [-0.4, -0.2) is 19.0 Å². The maximum atomic E-state index is 11.5. The molecule has 12 heavy (non-hydrogen) atoms. The molecule has 0 atom stereocenters. The molecule has 4 heteroatoms. The Morgan fingerprint density at radius 1 is 1.50 bits per heavy atom. The molecule has 0 spiro atoms. The maximum Gasteiger partial charge on any atom is 0.373 e. The van der Waals surface area contributed by atoms with Gasteiger partial charge < -0.3 is 4.74 Å². The lowest BCUT2D eigenvalue weighted by atomic mass is 10.3. The molecule has 0 aliphatic rings. The van der Waals surface area contributed by atoms with Crippen molar-refractivity contribution in [1.82, 2.24) is 0 Å². The second kappa shape index (κ2) is 6.76. The molecular weight excluding hydrogens is 166 g/mol. The van der Waals surface area contributed by atoms with Gasteiger partial charge in [0.1, 0.15) is 0 Å². The Hall–Kier alpha value is -0.930. The fourth-order valence-corrected chi connectivity index (χ4v) is 0.575. The third-order valence-corrected chi connectivity index (χ3v) is 1.11. The molecule has 70 valence electrons. The molecule has 0 radical (unpaired) electrons. The molecule has 0 saturated heterocycles. The molecule has 0 aliphatic heterocycles. The summed E-state index contributed by atoms with van der Waals surface area (Å²) in [7, 11) is 0. The Morgan fingerprint density at radius 3 is 2.67 bits per heavy atom. The predicted octanol–water partition coefficient (Wildman–Crippen LogP) is 2.15. The zero-order valence-corrected chi connectivity index (χ0v) is 6.93. The summed E-state index contributed by atoms with van der Waals surface area (Å²) in [6.07, 6.45) is 2.05. The van der Waals surface area contributed by atoms with E-state index in [0.29, 0.717) is 6.42 Å². The second-order valence-electron chi connectivity index (χ2n) is 2.14. The third-order valence-electron chi connectivity index (χ3n) is 1.11. The molecule has 2 nitrogen and oxygen atoms in total. The minimum absolute atomic E-state index is 0.0275. The normalized spacial score (nSPS) is 11.0. The molecule has 0 saturated carbocycles. The fourth-order valence-electron chi connectivity index (χ4n) is 0.575. The highest BCUT2D eigenvalue weighted by atomic mass is 19.3. The number of esters is 1. The first-order valence-corrected chi connectivity index (χ1v) is 3.78. The van der Waals surface area contributed by atoms with E-state index in [-0.39, 0.29) is 6.61 Å². The minimum Gasteiger partial charge on any atom is -0.461 e. The van der Waals surface area contributed by atoms with E-state index in [4.69, 9.17) is 0 Å². The van der Waals surface area contributed by atoms with E-state index in [9.17, 15) is 13.6 Å². The van der Waals surface area contributed by atoms with E-state index >= 15 is 0 Å². The Balaban J connectivity index is 3.31. The van der Waals surface area contributed by atoms with Crippen molar-refractivity contribution in [2.75, 3.05) is 6.61 Å². The summed E-state index contributed by atoms with van der Waals surface area (Å²) >= 11 is 0. The number of rotatable bonds is 5. The van der Waals surface area contributed by atoms with Crippen LogP contribution >= 0.6 is 0 Å². The average Bonchev–Trinajstić information content (AvgIpc) is 2.03. The number of carbonyl (C=O) groups excluding carboxylic acids is 1. The van der Waals surface area contributed by atoms with Crippen molar-refractivity contribution < 1.29 is 18.3 Å². The average molecular weight is 178 g/mol. The first-order valence-electron chi connectivity index (χ1n) is 3.78. The van der Waals surface area contributed by atoms with Crippen LogP contribution in [0.1, 0.15) is 19.8 Å². The molecule has 0 amide bonds. The van der Waals surface area contributed by atoms with Crippen molar-refractivity contribution in [3.05, 3.63) is 12.2 Å². The van der Waals surface area contributed by atoms with Crippen LogP contribution in [-0.2, 0) is 9.53 Å². The van der Waals surface area contributed by atoms with E-state index in [1.807, 2.05) is 13.0 Å². The number of ether oxygens (including phenoxy) is 1. The Morgan fingerprint density at radius 2 is 2.17 bits per heavy atom. The van der Waals surface area contributed by atoms with Crippen LogP contribution in [0.2, 0.25) is 0 Å². The summed E-state index contributed by atoms with van der Waals surface area (Å²) in [6, 6.07) is 0. The van der Waals surface area contributed by atoms with Gasteiger partial charge >= 0.3 is 12.4 Å². The van der Waals surface area contributed by atoms with E-state index < -0.39 is 12.4 Å². The highest BCUT2D eigenvalue weighted by molar-refractivity contribution is 5.72. The molecule has 0 unspecified atom stereocenters. The van der Waals surface area contributed by atoms with E-state index in [1.165, 1.54) is 0 Å². The van der Waals surface area contributed by atoms with E-state index in [2.05, 4.69) is 4.74 Å². The number of carbonyl (C=O) groups is 1. The Kier molecular flexibility index (Phi) is 6.24. The smallest absolute Gasteiger partial charge is 0.373 e. The summed E-state index contributed by atoms with van der Waals surface area (Å²) in [5, 5.41) is 0. The third kappa shape index (κ3) is 5.82. The quantitative estimate of drug-likeness (QED) is 0.366. The van der Waals surface area contributed by atoms with Crippen molar-refractivity contribution in [3.8, 4) is 0 Å². The first-order chi connectivity index (χ1) is 5.68. The van der Waals surface area contributed by atoms with Gasteiger partial charge in [0.25, 0.3) is 0 Å². The Labute approximate surface area is 70.2 Å². The van der Waals surface area contributed by atoms with Crippen molar-refractivity contribution in [2.24, 2.45) is 0 Å². The molecule has 0 aromatic rings. The molecule has 0 bridgehead atoms. The highest BCUT2D eigenvalue weighted by Gasteiger charge is 2.15. The number of alkyl halides is 2. The van der Waals surface area contributed by atoms with Gasteiger partial charge in [-0.05, 0) is 12.8 Å². The van der Waals surface area contributed by atoms with Crippen LogP contribution in [0.4, 0.5) is 8.78 Å². The van der Waals surface area contributed by atoms with Gasteiger partial charge in [0.05, 0.1) is 6.61 Å². The van der Waals surface area contributed by atoms with Crippen LogP contribution in [0.5, 0.6) is 0 Å². The van der Waals surface area contributed by atoms with Gasteiger partial charge in [0, 0.05) is 0 Å². The number of allylic oxidation sites excluding steroid dienone is 1. The molecular formula is C8H12F2O2. The van der Waals surface area contributed by atoms with Gasteiger partial charge in [-0.1, -0.05) is 19.1 Å². The van der Waals surface area contributed by atoms with Gasteiger partial charge in [0.15, 0.2) is 0 Å². The molecule has 0 heterocycles. The van der Waals surface area contributed by atoms with Crippen LogP contribution in [0.3, 0.4) is 0 Å². The maximum absolute atomic E-state index is 11.5. The largest absolute Gasteiger partial charge is 0.461 e. The molecule has 0 aromatic carbocycles. The van der Waals surface area contributed by atoms with Crippen molar-refractivity contribution in [2.45, 2.75) is 26.2 Å². The zero-order valence-electron chi connectivity index (χ0n) is 6.93. The fraction of sp³-hybridized carbons (Fsp3) is 0.625. The van der Waals surface area contributed by atoms with Crippen LogP contribution in [0, 0.1) is 0 Å². The van der Waals surface area contributed by atoms with Crippen molar-refractivity contribution in [3.63, 3.8) is 0 Å². The summed E-state index contributed by atoms with van der Waals surface area (Å²) in [4.78, 5) is 10.2. The molecule has 0 rings (SSSR count). The van der Waals surface area contributed by atoms with Crippen LogP contribution < -0.4 is 0 Å². The molecule has 0 N–H and O–H groups in total. The van der Waals surface area contributed by atoms with E-state index in [1.54, 1.807) is 6.08 Å². The minimum atomic E-state index is -3.01. The van der Waals surface area contributed by atoms with Gasteiger partial charge in [-0.2, -0.15) is 8.78 Å². The molecule has 0 aromatic heterocycles. The number of halogens is 2. The predicted molar refractivity (Wildman–Crippen MR) is 41.0 cm³/mol. The van der Waals surface area contributed by atoms with Gasteiger partial charge in [0.2, 0.25) is 0 Å². The summed E-state index contributed by atoms with van der Waals surface area (Å²) in [5.41, 5.74) is 0. The molecule has 0 aliphatic carbocycles.